The second-order valence-corrected chi connectivity index (χ2v) is 5.81. The van der Waals surface area contributed by atoms with Gasteiger partial charge in [0.2, 0.25) is 0 Å². The molecule has 7 nitrogen and oxygen atoms in total. The molecule has 0 spiro atoms. The summed E-state index contributed by atoms with van der Waals surface area (Å²) in [6.07, 6.45) is 1.40. The zero-order valence-corrected chi connectivity index (χ0v) is 14.5. The summed E-state index contributed by atoms with van der Waals surface area (Å²) in [6, 6.07) is 15.9. The molecule has 1 aromatic heterocycles. The van der Waals surface area contributed by atoms with Gasteiger partial charge in [0.1, 0.15) is 0 Å². The molecular weight excluding hydrogens is 354 g/mol. The van der Waals surface area contributed by atoms with Gasteiger partial charge < -0.3 is 10.6 Å². The minimum atomic E-state index is -0.354. The Kier molecular flexibility index (Phi) is 5.60. The Hall–Kier alpha value is -3.19. The van der Waals surface area contributed by atoms with E-state index in [0.717, 1.165) is 5.69 Å². The first-order valence-electron chi connectivity index (χ1n) is 7.93. The van der Waals surface area contributed by atoms with Crippen LogP contribution < -0.4 is 10.6 Å². The number of halogens is 1. The molecule has 0 saturated carbocycles. The van der Waals surface area contributed by atoms with E-state index in [0.29, 0.717) is 17.1 Å². The van der Waals surface area contributed by atoms with Crippen LogP contribution in [-0.2, 0) is 0 Å². The molecule has 0 radical (unpaired) electrons. The van der Waals surface area contributed by atoms with E-state index < -0.39 is 0 Å². The average Bonchev–Trinajstić information content (AvgIpc) is 3.16. The maximum atomic E-state index is 12.1. The maximum absolute atomic E-state index is 12.1. The van der Waals surface area contributed by atoms with Crippen molar-refractivity contribution in [2.45, 2.75) is 0 Å². The fourth-order valence-electron chi connectivity index (χ4n) is 2.20. The maximum Gasteiger partial charge on any atom is 0.273 e. The van der Waals surface area contributed by atoms with E-state index >= 15 is 0 Å². The Morgan fingerprint density at radius 3 is 2.27 bits per heavy atom. The molecule has 0 aliphatic carbocycles. The summed E-state index contributed by atoms with van der Waals surface area (Å²) in [5, 5.41) is 14.2. The number of hydrogen-bond acceptors (Lipinski definition) is 4. The van der Waals surface area contributed by atoms with Crippen molar-refractivity contribution in [2.75, 3.05) is 13.1 Å². The summed E-state index contributed by atoms with van der Waals surface area (Å²) < 4.78 is 0. The summed E-state index contributed by atoms with van der Waals surface area (Å²) in [7, 11) is 0. The number of rotatable bonds is 6. The van der Waals surface area contributed by atoms with Crippen molar-refractivity contribution >= 4 is 23.4 Å². The number of benzene rings is 2. The van der Waals surface area contributed by atoms with Gasteiger partial charge in [0, 0.05) is 23.7 Å². The normalized spacial score (nSPS) is 10.3. The topological polar surface area (TPSA) is 88.9 Å². The molecule has 0 saturated heterocycles. The number of carbonyl (C=O) groups is 2. The second-order valence-electron chi connectivity index (χ2n) is 5.37. The third kappa shape index (κ3) is 4.46. The number of aromatic nitrogens is 3. The molecule has 2 amide bonds. The highest BCUT2D eigenvalue weighted by Gasteiger charge is 2.11. The first-order valence-corrected chi connectivity index (χ1v) is 8.31. The molecule has 3 rings (SSSR count). The van der Waals surface area contributed by atoms with E-state index in [1.165, 1.54) is 11.0 Å². The largest absolute Gasteiger partial charge is 0.350 e. The van der Waals surface area contributed by atoms with E-state index in [-0.39, 0.29) is 24.1 Å². The number of amides is 2. The van der Waals surface area contributed by atoms with Crippen molar-refractivity contribution in [3.63, 3.8) is 0 Å². The lowest BCUT2D eigenvalue weighted by Crippen LogP contribution is -2.34. The summed E-state index contributed by atoms with van der Waals surface area (Å²) in [4.78, 5) is 25.4. The molecule has 0 atom stereocenters. The van der Waals surface area contributed by atoms with Gasteiger partial charge in [-0.15, -0.1) is 5.10 Å². The summed E-state index contributed by atoms with van der Waals surface area (Å²) >= 11 is 5.79. The van der Waals surface area contributed by atoms with Crippen LogP contribution >= 0.6 is 11.6 Å². The van der Waals surface area contributed by atoms with Crippen molar-refractivity contribution in [1.29, 1.82) is 0 Å². The SMILES string of the molecule is O=C(NCCNC(=O)c1cnn(-c2ccccc2)n1)c1ccc(Cl)cc1. The number of hydrogen-bond donors (Lipinski definition) is 2. The molecule has 2 N–H and O–H groups in total. The van der Waals surface area contributed by atoms with Gasteiger partial charge in [-0.3, -0.25) is 9.59 Å². The van der Waals surface area contributed by atoms with Crippen LogP contribution in [0.1, 0.15) is 20.8 Å². The molecule has 26 heavy (non-hydrogen) atoms. The third-order valence-electron chi connectivity index (χ3n) is 3.51. The van der Waals surface area contributed by atoms with E-state index in [9.17, 15) is 9.59 Å². The molecule has 3 aromatic rings. The van der Waals surface area contributed by atoms with Crippen molar-refractivity contribution in [1.82, 2.24) is 25.6 Å². The first kappa shape index (κ1) is 17.6. The third-order valence-corrected chi connectivity index (χ3v) is 3.77. The van der Waals surface area contributed by atoms with E-state index in [4.69, 9.17) is 11.6 Å². The fraction of sp³-hybridized carbons (Fsp3) is 0.111. The molecule has 0 bridgehead atoms. The van der Waals surface area contributed by atoms with Crippen LogP contribution in [0.3, 0.4) is 0 Å². The standard InChI is InChI=1S/C18H16ClN5O2/c19-14-8-6-13(7-9-14)17(25)20-10-11-21-18(26)16-12-22-24(23-16)15-4-2-1-3-5-15/h1-9,12H,10-11H2,(H,20,25)(H,21,26). The van der Waals surface area contributed by atoms with E-state index in [1.807, 2.05) is 30.3 Å². The van der Waals surface area contributed by atoms with Crippen LogP contribution in [0, 0.1) is 0 Å². The predicted octanol–water partition coefficient (Wildman–Crippen LogP) is 2.08. The Morgan fingerprint density at radius 1 is 0.923 bits per heavy atom. The zero-order chi connectivity index (χ0) is 18.4. The van der Waals surface area contributed by atoms with Crippen LogP contribution in [0.15, 0.2) is 60.8 Å². The molecule has 132 valence electrons. The summed E-state index contributed by atoms with van der Waals surface area (Å²) in [6.45, 7) is 0.566. The highest BCUT2D eigenvalue weighted by atomic mass is 35.5. The van der Waals surface area contributed by atoms with Crippen molar-refractivity contribution < 1.29 is 9.59 Å². The highest BCUT2D eigenvalue weighted by Crippen LogP contribution is 2.09. The molecule has 0 aliphatic rings. The number of para-hydroxylation sites is 1. The van der Waals surface area contributed by atoms with Crippen LogP contribution in [0.5, 0.6) is 0 Å². The Balaban J connectivity index is 1.46. The quantitative estimate of drug-likeness (QED) is 0.651. The van der Waals surface area contributed by atoms with Crippen LogP contribution in [-0.4, -0.2) is 39.9 Å². The monoisotopic (exact) mass is 369 g/mol. The van der Waals surface area contributed by atoms with Gasteiger partial charge in [-0.25, -0.2) is 0 Å². The van der Waals surface area contributed by atoms with E-state index in [1.54, 1.807) is 24.3 Å². The molecule has 0 unspecified atom stereocenters. The second kappa shape index (κ2) is 8.26. The molecule has 2 aromatic carbocycles. The number of nitrogens with zero attached hydrogens (tertiary/aromatic N) is 3. The smallest absolute Gasteiger partial charge is 0.273 e. The first-order chi connectivity index (χ1) is 12.6. The summed E-state index contributed by atoms with van der Waals surface area (Å²) in [5.74, 6) is -0.584. The lowest BCUT2D eigenvalue weighted by atomic mass is 10.2. The van der Waals surface area contributed by atoms with Gasteiger partial charge in [0.25, 0.3) is 11.8 Å². The van der Waals surface area contributed by atoms with Crippen molar-refractivity contribution in [3.05, 3.63) is 77.1 Å². The Labute approximate surface area is 155 Å². The van der Waals surface area contributed by atoms with Gasteiger partial charge in [-0.05, 0) is 36.4 Å². The number of nitrogens with one attached hydrogen (secondary N) is 2. The number of carbonyl (C=O) groups excluding carboxylic acids is 2. The van der Waals surface area contributed by atoms with Gasteiger partial charge in [0.15, 0.2) is 5.69 Å². The summed E-state index contributed by atoms with van der Waals surface area (Å²) in [5.41, 5.74) is 1.48. The van der Waals surface area contributed by atoms with Crippen LogP contribution in [0.4, 0.5) is 0 Å². The Morgan fingerprint density at radius 2 is 1.58 bits per heavy atom. The van der Waals surface area contributed by atoms with Crippen LogP contribution in [0.25, 0.3) is 5.69 Å². The molecular formula is C18H16ClN5O2. The van der Waals surface area contributed by atoms with Crippen LogP contribution in [0.2, 0.25) is 5.02 Å². The van der Waals surface area contributed by atoms with Gasteiger partial charge in [-0.2, -0.15) is 9.90 Å². The lowest BCUT2D eigenvalue weighted by Gasteiger charge is -2.06. The molecule has 8 heteroatoms. The van der Waals surface area contributed by atoms with Gasteiger partial charge in [0.05, 0.1) is 11.9 Å². The average molecular weight is 370 g/mol. The minimum Gasteiger partial charge on any atom is -0.350 e. The molecule has 0 fully saturated rings. The highest BCUT2D eigenvalue weighted by molar-refractivity contribution is 6.30. The van der Waals surface area contributed by atoms with Gasteiger partial charge in [-0.1, -0.05) is 29.8 Å². The van der Waals surface area contributed by atoms with E-state index in [2.05, 4.69) is 20.8 Å². The van der Waals surface area contributed by atoms with Crippen molar-refractivity contribution in [3.8, 4) is 5.69 Å². The van der Waals surface area contributed by atoms with Crippen molar-refractivity contribution in [2.24, 2.45) is 0 Å². The van der Waals surface area contributed by atoms with Gasteiger partial charge >= 0.3 is 0 Å². The zero-order valence-electron chi connectivity index (χ0n) is 13.7. The predicted molar refractivity (Wildman–Crippen MR) is 97.5 cm³/mol. The molecule has 1 heterocycles. The lowest BCUT2D eigenvalue weighted by molar-refractivity contribution is 0.0925. The minimum absolute atomic E-state index is 0.206. The Bertz CT molecular complexity index is 893. The molecule has 0 aliphatic heterocycles. The fourth-order valence-corrected chi connectivity index (χ4v) is 2.32.